The first-order valence-corrected chi connectivity index (χ1v) is 10.5. The summed E-state index contributed by atoms with van der Waals surface area (Å²) in [5, 5.41) is 0. The Hall–Kier alpha value is -2.41. The van der Waals surface area contributed by atoms with E-state index in [0.717, 1.165) is 25.9 Å². The molecule has 0 fully saturated rings. The van der Waals surface area contributed by atoms with Crippen LogP contribution in [-0.4, -0.2) is 12.8 Å². The zero-order valence-corrected chi connectivity index (χ0v) is 18.9. The van der Waals surface area contributed by atoms with Crippen molar-refractivity contribution in [2.24, 2.45) is 4.99 Å². The van der Waals surface area contributed by atoms with Crippen molar-refractivity contribution in [1.29, 1.82) is 0 Å². The first-order chi connectivity index (χ1) is 14.0. The monoisotopic (exact) mass is 503 g/mol. The number of ether oxygens (including phenoxy) is 2. The summed E-state index contributed by atoms with van der Waals surface area (Å²) < 4.78 is 26.1. The van der Waals surface area contributed by atoms with Gasteiger partial charge in [0.15, 0.2) is 11.5 Å². The van der Waals surface area contributed by atoms with Crippen molar-refractivity contribution in [2.75, 3.05) is 6.61 Å². The van der Waals surface area contributed by atoms with Crippen LogP contribution in [0.5, 0.6) is 11.5 Å². The summed E-state index contributed by atoms with van der Waals surface area (Å²) in [4.78, 5) is 4.63. The van der Waals surface area contributed by atoms with Gasteiger partial charge >= 0.3 is 0 Å². The van der Waals surface area contributed by atoms with Crippen LogP contribution in [0, 0.1) is 23.2 Å². The van der Waals surface area contributed by atoms with E-state index in [2.05, 4.69) is 53.6 Å². The number of aliphatic imine (C=N–C) groups is 1. The molecule has 0 atom stereocenters. The van der Waals surface area contributed by atoms with Crippen LogP contribution in [0.25, 0.3) is 0 Å². The van der Waals surface area contributed by atoms with E-state index in [1.807, 2.05) is 37.4 Å². The van der Waals surface area contributed by atoms with Gasteiger partial charge in [-0.1, -0.05) is 29.8 Å². The zero-order valence-electron chi connectivity index (χ0n) is 16.7. The highest BCUT2D eigenvalue weighted by Gasteiger charge is 2.12. The predicted molar refractivity (Wildman–Crippen MR) is 124 cm³/mol. The molecular weight excluding hydrogens is 480 g/mol. The third-order valence-electron chi connectivity index (χ3n) is 4.31. The molecule has 150 valence electrons. The van der Waals surface area contributed by atoms with Crippen LogP contribution in [-0.2, 0) is 6.61 Å². The number of hydrogen-bond acceptors (Lipinski definition) is 3. The number of hydrogen-bond donors (Lipinski definition) is 0. The Morgan fingerprint density at radius 3 is 2.59 bits per heavy atom. The summed E-state index contributed by atoms with van der Waals surface area (Å²) in [7, 11) is 0. The predicted octanol–water partition coefficient (Wildman–Crippen LogP) is 6.78. The Bertz CT molecular complexity index is 1030. The molecule has 0 amide bonds. The molecule has 0 aromatic heterocycles. The minimum Gasteiger partial charge on any atom is -0.490 e. The Kier molecular flexibility index (Phi) is 7.25. The summed E-state index contributed by atoms with van der Waals surface area (Å²) >= 11 is 2.23. The highest BCUT2D eigenvalue weighted by molar-refractivity contribution is 14.1. The van der Waals surface area contributed by atoms with Crippen LogP contribution >= 0.6 is 22.6 Å². The molecular formula is C24H23FINO2. The lowest BCUT2D eigenvalue weighted by molar-refractivity contribution is 0.267. The number of aryl methyl sites for hydroxylation is 2. The minimum atomic E-state index is -0.274. The molecule has 0 saturated carbocycles. The van der Waals surface area contributed by atoms with E-state index in [1.54, 1.807) is 6.07 Å². The molecule has 0 spiro atoms. The lowest BCUT2D eigenvalue weighted by atomic mass is 10.1. The quantitative estimate of drug-likeness (QED) is 0.263. The maximum Gasteiger partial charge on any atom is 0.175 e. The third kappa shape index (κ3) is 5.79. The van der Waals surface area contributed by atoms with Gasteiger partial charge in [-0.2, -0.15) is 0 Å². The maximum atomic E-state index is 13.4. The van der Waals surface area contributed by atoms with Crippen LogP contribution in [0.3, 0.4) is 0 Å². The van der Waals surface area contributed by atoms with Crippen molar-refractivity contribution in [3.63, 3.8) is 0 Å². The van der Waals surface area contributed by atoms with Gasteiger partial charge in [0, 0.05) is 6.21 Å². The molecule has 5 heteroatoms. The summed E-state index contributed by atoms with van der Waals surface area (Å²) in [6.45, 7) is 6.84. The van der Waals surface area contributed by atoms with Gasteiger partial charge in [0.05, 0.1) is 15.9 Å². The van der Waals surface area contributed by atoms with Gasteiger partial charge in [-0.3, -0.25) is 4.99 Å². The van der Waals surface area contributed by atoms with Crippen LogP contribution in [0.15, 0.2) is 59.6 Å². The number of halogens is 2. The number of nitrogens with zero attached hydrogens (tertiary/aromatic N) is 1. The molecule has 0 unspecified atom stereocenters. The van der Waals surface area contributed by atoms with E-state index in [9.17, 15) is 4.39 Å². The largest absolute Gasteiger partial charge is 0.490 e. The van der Waals surface area contributed by atoms with Gasteiger partial charge in [0.25, 0.3) is 0 Å². The topological polar surface area (TPSA) is 30.8 Å². The number of rotatable bonds is 7. The molecule has 3 nitrogen and oxygen atoms in total. The van der Waals surface area contributed by atoms with Crippen molar-refractivity contribution in [2.45, 2.75) is 27.4 Å². The standard InChI is InChI=1S/C24H23FINO2/c1-4-28-23-13-19(14-27-22-9-8-16(2)10-17(22)3)12-21(26)24(23)29-15-18-6-5-7-20(25)11-18/h5-14H,4,15H2,1-3H3. The lowest BCUT2D eigenvalue weighted by Gasteiger charge is -2.15. The van der Waals surface area contributed by atoms with Crippen LogP contribution in [0.1, 0.15) is 29.2 Å². The van der Waals surface area contributed by atoms with Gasteiger partial charge in [-0.05, 0) is 90.4 Å². The van der Waals surface area contributed by atoms with Crippen LogP contribution < -0.4 is 9.47 Å². The average Bonchev–Trinajstić information content (AvgIpc) is 2.67. The number of benzene rings is 3. The smallest absolute Gasteiger partial charge is 0.175 e. The molecule has 3 aromatic carbocycles. The fourth-order valence-corrected chi connectivity index (χ4v) is 3.72. The van der Waals surface area contributed by atoms with Crippen molar-refractivity contribution in [3.8, 4) is 11.5 Å². The average molecular weight is 503 g/mol. The molecule has 0 radical (unpaired) electrons. The maximum absolute atomic E-state index is 13.4. The molecule has 0 bridgehead atoms. The summed E-state index contributed by atoms with van der Waals surface area (Å²) in [6, 6.07) is 16.5. The third-order valence-corrected chi connectivity index (χ3v) is 5.11. The van der Waals surface area contributed by atoms with Crippen LogP contribution in [0.2, 0.25) is 0 Å². The Labute approximate surface area is 184 Å². The van der Waals surface area contributed by atoms with Gasteiger partial charge in [-0.15, -0.1) is 0 Å². The van der Waals surface area contributed by atoms with Gasteiger partial charge in [0.1, 0.15) is 12.4 Å². The van der Waals surface area contributed by atoms with E-state index < -0.39 is 0 Å². The highest BCUT2D eigenvalue weighted by atomic mass is 127. The lowest BCUT2D eigenvalue weighted by Crippen LogP contribution is -2.02. The highest BCUT2D eigenvalue weighted by Crippen LogP contribution is 2.35. The molecule has 0 aliphatic rings. The molecule has 0 heterocycles. The van der Waals surface area contributed by atoms with E-state index in [1.165, 1.54) is 17.7 Å². The van der Waals surface area contributed by atoms with Gasteiger partial charge < -0.3 is 9.47 Å². The first kappa shape index (κ1) is 21.3. The molecule has 29 heavy (non-hydrogen) atoms. The van der Waals surface area contributed by atoms with E-state index in [0.29, 0.717) is 18.1 Å². The normalized spacial score (nSPS) is 11.1. The van der Waals surface area contributed by atoms with Crippen molar-refractivity contribution in [3.05, 3.63) is 86.2 Å². The molecule has 3 rings (SSSR count). The summed E-state index contributed by atoms with van der Waals surface area (Å²) in [5.74, 6) is 1.03. The van der Waals surface area contributed by atoms with Gasteiger partial charge in [-0.25, -0.2) is 4.39 Å². The molecule has 0 aliphatic carbocycles. The zero-order chi connectivity index (χ0) is 20.8. The Morgan fingerprint density at radius 1 is 1.03 bits per heavy atom. The summed E-state index contributed by atoms with van der Waals surface area (Å²) in [6.07, 6.45) is 1.83. The fraction of sp³-hybridized carbons (Fsp3) is 0.208. The minimum absolute atomic E-state index is 0.268. The van der Waals surface area contributed by atoms with E-state index >= 15 is 0 Å². The van der Waals surface area contributed by atoms with Crippen LogP contribution in [0.4, 0.5) is 10.1 Å². The van der Waals surface area contributed by atoms with E-state index in [-0.39, 0.29) is 12.4 Å². The Balaban J connectivity index is 1.84. The first-order valence-electron chi connectivity index (χ1n) is 9.41. The van der Waals surface area contributed by atoms with Crippen molar-refractivity contribution in [1.82, 2.24) is 0 Å². The summed E-state index contributed by atoms with van der Waals surface area (Å²) in [5.41, 5.74) is 4.99. The second kappa shape index (κ2) is 9.87. The molecule has 0 aliphatic heterocycles. The van der Waals surface area contributed by atoms with E-state index in [4.69, 9.17) is 9.47 Å². The fourth-order valence-electron chi connectivity index (χ4n) is 2.94. The molecule has 3 aromatic rings. The molecule has 0 N–H and O–H groups in total. The van der Waals surface area contributed by atoms with Crippen molar-refractivity contribution < 1.29 is 13.9 Å². The van der Waals surface area contributed by atoms with Gasteiger partial charge in [0.2, 0.25) is 0 Å². The van der Waals surface area contributed by atoms with Crippen molar-refractivity contribution >= 4 is 34.5 Å². The Morgan fingerprint density at radius 2 is 1.86 bits per heavy atom. The second-order valence-electron chi connectivity index (χ2n) is 6.73. The molecule has 0 saturated heterocycles. The second-order valence-corrected chi connectivity index (χ2v) is 7.89. The SMILES string of the molecule is CCOc1cc(C=Nc2ccc(C)cc2C)cc(I)c1OCc1cccc(F)c1.